The van der Waals surface area contributed by atoms with Crippen molar-refractivity contribution in [2.75, 3.05) is 11.9 Å². The number of anilines is 1. The van der Waals surface area contributed by atoms with Crippen LogP contribution in [0.1, 0.15) is 13.3 Å². The predicted octanol–water partition coefficient (Wildman–Crippen LogP) is 3.01. The highest BCUT2D eigenvalue weighted by atomic mass is 19.1. The Labute approximate surface area is 99.9 Å². The van der Waals surface area contributed by atoms with Gasteiger partial charge in [-0.05, 0) is 18.6 Å². The number of nitrogens with one attached hydrogen (secondary N) is 1. The smallest absolute Gasteiger partial charge is 0.314 e. The van der Waals surface area contributed by atoms with Crippen LogP contribution in [0.25, 0.3) is 0 Å². The molecule has 1 atom stereocenters. The number of urea groups is 1. The molecule has 0 bridgehead atoms. The van der Waals surface area contributed by atoms with Crippen LogP contribution < -0.4 is 5.32 Å². The minimum Gasteiger partial charge on any atom is -0.314 e. The summed E-state index contributed by atoms with van der Waals surface area (Å²) in [5, 5.41) is 2.59. The van der Waals surface area contributed by atoms with Gasteiger partial charge in [0.2, 0.25) is 0 Å². The van der Waals surface area contributed by atoms with Gasteiger partial charge in [0.15, 0.2) is 0 Å². The van der Waals surface area contributed by atoms with Crippen molar-refractivity contribution in [3.63, 3.8) is 0 Å². The van der Waals surface area contributed by atoms with Crippen LogP contribution in [0.5, 0.6) is 0 Å². The summed E-state index contributed by atoms with van der Waals surface area (Å²) in [6, 6.07) is 6.02. The van der Waals surface area contributed by atoms with Crippen LogP contribution in [0.3, 0.4) is 0 Å². The van der Waals surface area contributed by atoms with Gasteiger partial charge in [-0.1, -0.05) is 31.2 Å². The molecule has 0 unspecified atom stereocenters. The van der Waals surface area contributed by atoms with Gasteiger partial charge in [0.05, 0.1) is 11.7 Å². The highest BCUT2D eigenvalue weighted by Gasteiger charge is 2.23. The second kappa shape index (κ2) is 4.99. The van der Waals surface area contributed by atoms with E-state index in [0.717, 1.165) is 6.42 Å². The average molecular weight is 234 g/mol. The van der Waals surface area contributed by atoms with E-state index < -0.39 is 5.82 Å². The molecule has 1 N–H and O–H groups in total. The van der Waals surface area contributed by atoms with Crippen LogP contribution in [-0.2, 0) is 0 Å². The lowest BCUT2D eigenvalue weighted by Gasteiger charge is -2.23. The average Bonchev–Trinajstić information content (AvgIpc) is 2.80. The Bertz CT molecular complexity index is 445. The van der Waals surface area contributed by atoms with Gasteiger partial charge in [-0.3, -0.25) is 0 Å². The van der Waals surface area contributed by atoms with Crippen molar-refractivity contribution < 1.29 is 9.18 Å². The monoisotopic (exact) mass is 234 g/mol. The van der Waals surface area contributed by atoms with E-state index in [1.54, 1.807) is 23.1 Å². The van der Waals surface area contributed by atoms with E-state index in [1.807, 2.05) is 19.1 Å². The summed E-state index contributed by atoms with van der Waals surface area (Å²) in [6.07, 6.45) is 4.82. The van der Waals surface area contributed by atoms with Crippen molar-refractivity contribution in [2.24, 2.45) is 0 Å². The fourth-order valence-corrected chi connectivity index (χ4v) is 1.91. The number of carbonyl (C=O) groups excluding carboxylic acids is 1. The number of hydrogen-bond donors (Lipinski definition) is 1. The maximum absolute atomic E-state index is 13.4. The lowest BCUT2D eigenvalue weighted by molar-refractivity contribution is 0.209. The molecular weight excluding hydrogens is 219 g/mol. The first-order chi connectivity index (χ1) is 8.22. The molecule has 0 fully saturated rings. The van der Waals surface area contributed by atoms with Crippen molar-refractivity contribution in [2.45, 2.75) is 19.4 Å². The van der Waals surface area contributed by atoms with Gasteiger partial charge >= 0.3 is 6.03 Å². The van der Waals surface area contributed by atoms with E-state index in [9.17, 15) is 9.18 Å². The van der Waals surface area contributed by atoms with Gasteiger partial charge in [-0.25, -0.2) is 9.18 Å². The summed E-state index contributed by atoms with van der Waals surface area (Å²) in [7, 11) is 0. The first-order valence-corrected chi connectivity index (χ1v) is 5.71. The number of hydrogen-bond acceptors (Lipinski definition) is 1. The normalized spacial score (nSPS) is 18.5. The number of para-hydroxylation sites is 1. The fraction of sp³-hybridized carbons (Fsp3) is 0.308. The van der Waals surface area contributed by atoms with Crippen molar-refractivity contribution in [1.82, 2.24) is 4.90 Å². The van der Waals surface area contributed by atoms with Crippen molar-refractivity contribution in [3.05, 3.63) is 42.2 Å². The number of nitrogens with zero attached hydrogens (tertiary/aromatic N) is 1. The van der Waals surface area contributed by atoms with Crippen LogP contribution in [0, 0.1) is 5.82 Å². The third-order valence-corrected chi connectivity index (χ3v) is 2.86. The molecule has 0 aromatic heterocycles. The second-order valence-corrected chi connectivity index (χ2v) is 3.97. The van der Waals surface area contributed by atoms with Gasteiger partial charge in [0.25, 0.3) is 0 Å². The molecule has 0 radical (unpaired) electrons. The number of carbonyl (C=O) groups is 1. The van der Waals surface area contributed by atoms with E-state index in [2.05, 4.69) is 5.32 Å². The van der Waals surface area contributed by atoms with Crippen LogP contribution >= 0.6 is 0 Å². The van der Waals surface area contributed by atoms with Gasteiger partial charge in [-0.15, -0.1) is 0 Å². The quantitative estimate of drug-likeness (QED) is 0.784. The Morgan fingerprint density at radius 1 is 1.53 bits per heavy atom. The topological polar surface area (TPSA) is 32.3 Å². The maximum Gasteiger partial charge on any atom is 0.322 e. The molecule has 1 aromatic rings. The molecule has 2 amide bonds. The zero-order valence-electron chi connectivity index (χ0n) is 9.69. The molecule has 3 nitrogen and oxygen atoms in total. The van der Waals surface area contributed by atoms with E-state index >= 15 is 0 Å². The lowest BCUT2D eigenvalue weighted by Crippen LogP contribution is -2.39. The molecule has 0 saturated heterocycles. The molecular formula is C13H15FN2O. The molecule has 0 aliphatic carbocycles. The molecule has 90 valence electrons. The van der Waals surface area contributed by atoms with Crippen molar-refractivity contribution in [3.8, 4) is 0 Å². The summed E-state index contributed by atoms with van der Waals surface area (Å²) >= 11 is 0. The lowest BCUT2D eigenvalue weighted by atomic mass is 10.2. The molecule has 0 spiro atoms. The van der Waals surface area contributed by atoms with Crippen LogP contribution in [0.15, 0.2) is 36.4 Å². The van der Waals surface area contributed by atoms with E-state index in [1.165, 1.54) is 6.07 Å². The first kappa shape index (κ1) is 11.6. The van der Waals surface area contributed by atoms with E-state index in [0.29, 0.717) is 6.54 Å². The molecule has 4 heteroatoms. The standard InChI is InChI=1S/C13H15FN2O/c1-2-10-6-5-9-16(10)13(17)15-12-8-4-3-7-11(12)14/h3-8,10H,2,9H2,1H3,(H,15,17)/t10-/m0/s1. The van der Waals surface area contributed by atoms with E-state index in [-0.39, 0.29) is 17.8 Å². The summed E-state index contributed by atoms with van der Waals surface area (Å²) in [6.45, 7) is 2.60. The Balaban J connectivity index is 2.05. The van der Waals surface area contributed by atoms with Crippen LogP contribution in [-0.4, -0.2) is 23.5 Å². The summed E-state index contributed by atoms with van der Waals surface area (Å²) in [5.41, 5.74) is 0.222. The zero-order valence-corrected chi connectivity index (χ0v) is 9.69. The highest BCUT2D eigenvalue weighted by Crippen LogP contribution is 2.17. The maximum atomic E-state index is 13.4. The Morgan fingerprint density at radius 2 is 2.29 bits per heavy atom. The number of amides is 2. The molecule has 0 saturated carbocycles. The highest BCUT2D eigenvalue weighted by molar-refractivity contribution is 5.90. The Kier molecular flexibility index (Phi) is 3.42. The molecule has 1 heterocycles. The fourth-order valence-electron chi connectivity index (χ4n) is 1.91. The SMILES string of the molecule is CC[C@H]1C=CCN1C(=O)Nc1ccccc1F. The minimum atomic E-state index is -0.416. The van der Waals surface area contributed by atoms with Crippen LogP contribution in [0.4, 0.5) is 14.9 Å². The Morgan fingerprint density at radius 3 is 3.00 bits per heavy atom. The largest absolute Gasteiger partial charge is 0.322 e. The van der Waals surface area contributed by atoms with E-state index in [4.69, 9.17) is 0 Å². The van der Waals surface area contributed by atoms with Gasteiger partial charge < -0.3 is 10.2 Å². The summed E-state index contributed by atoms with van der Waals surface area (Å²) in [5.74, 6) is -0.416. The first-order valence-electron chi connectivity index (χ1n) is 5.71. The van der Waals surface area contributed by atoms with Crippen molar-refractivity contribution in [1.29, 1.82) is 0 Å². The molecule has 2 rings (SSSR count). The summed E-state index contributed by atoms with van der Waals surface area (Å²) in [4.78, 5) is 13.6. The Hall–Kier alpha value is -1.84. The number of rotatable bonds is 2. The summed E-state index contributed by atoms with van der Waals surface area (Å²) < 4.78 is 13.4. The van der Waals surface area contributed by atoms with Gasteiger partial charge in [0.1, 0.15) is 5.82 Å². The van der Waals surface area contributed by atoms with Gasteiger partial charge in [-0.2, -0.15) is 0 Å². The third-order valence-electron chi connectivity index (χ3n) is 2.86. The number of benzene rings is 1. The van der Waals surface area contributed by atoms with Crippen molar-refractivity contribution >= 4 is 11.7 Å². The zero-order chi connectivity index (χ0) is 12.3. The second-order valence-electron chi connectivity index (χ2n) is 3.97. The molecule has 17 heavy (non-hydrogen) atoms. The van der Waals surface area contributed by atoms with Crippen LogP contribution in [0.2, 0.25) is 0 Å². The molecule has 1 aromatic carbocycles. The molecule has 1 aliphatic heterocycles. The predicted molar refractivity (Wildman–Crippen MR) is 65.3 cm³/mol. The molecule has 1 aliphatic rings. The minimum absolute atomic E-state index is 0.113. The third kappa shape index (κ3) is 2.46. The van der Waals surface area contributed by atoms with Gasteiger partial charge in [0, 0.05) is 6.54 Å². The number of halogens is 1.